The van der Waals surface area contributed by atoms with Crippen molar-refractivity contribution in [2.24, 2.45) is 0 Å². The standard InChI is InChI=1S/C22H30N4O5S/c1-15-14-26(20(27)16(15)2)22(29)23-13-12-17-8-10-19(11-9-17)32(30,31)25-21(28)24-18-6-4-3-5-7-18/h8-11,18H,3-7,12-14H2,1-2H3,(H,23,29)(H2,24,25,28). The molecule has 1 aromatic carbocycles. The number of benzene rings is 1. The van der Waals surface area contributed by atoms with Crippen LogP contribution in [0.5, 0.6) is 0 Å². The monoisotopic (exact) mass is 462 g/mol. The van der Waals surface area contributed by atoms with Crippen molar-refractivity contribution in [1.29, 1.82) is 0 Å². The molecule has 1 aliphatic heterocycles. The van der Waals surface area contributed by atoms with E-state index >= 15 is 0 Å². The van der Waals surface area contributed by atoms with E-state index < -0.39 is 22.1 Å². The molecule has 3 N–H and O–H groups in total. The lowest BCUT2D eigenvalue weighted by atomic mass is 9.96. The average Bonchev–Trinajstić information content (AvgIpc) is 3.01. The van der Waals surface area contributed by atoms with Gasteiger partial charge < -0.3 is 10.6 Å². The zero-order valence-corrected chi connectivity index (χ0v) is 19.3. The topological polar surface area (TPSA) is 125 Å². The van der Waals surface area contributed by atoms with Crippen molar-refractivity contribution < 1.29 is 22.8 Å². The molecular formula is C22H30N4O5S. The van der Waals surface area contributed by atoms with Gasteiger partial charge in [-0.05, 0) is 56.4 Å². The molecule has 0 radical (unpaired) electrons. The molecule has 0 saturated heterocycles. The van der Waals surface area contributed by atoms with E-state index in [0.29, 0.717) is 25.1 Å². The van der Waals surface area contributed by atoms with Crippen LogP contribution >= 0.6 is 0 Å². The molecule has 1 saturated carbocycles. The van der Waals surface area contributed by atoms with Gasteiger partial charge in [-0.2, -0.15) is 0 Å². The maximum absolute atomic E-state index is 12.5. The quantitative estimate of drug-likeness (QED) is 0.599. The van der Waals surface area contributed by atoms with Gasteiger partial charge in [0.25, 0.3) is 15.9 Å². The molecule has 3 rings (SSSR count). The number of hydrogen-bond acceptors (Lipinski definition) is 5. The Labute approximate surface area is 188 Å². The Morgan fingerprint density at radius 1 is 1.06 bits per heavy atom. The van der Waals surface area contributed by atoms with Gasteiger partial charge >= 0.3 is 12.1 Å². The van der Waals surface area contributed by atoms with E-state index in [4.69, 9.17) is 0 Å². The second-order valence-corrected chi connectivity index (χ2v) is 10.0. The summed E-state index contributed by atoms with van der Waals surface area (Å²) in [5, 5.41) is 5.44. The van der Waals surface area contributed by atoms with Gasteiger partial charge in [0.1, 0.15) is 0 Å². The fourth-order valence-electron chi connectivity index (χ4n) is 3.86. The molecule has 32 heavy (non-hydrogen) atoms. The van der Waals surface area contributed by atoms with Crippen LogP contribution in [0, 0.1) is 0 Å². The first-order chi connectivity index (χ1) is 15.2. The molecule has 2 aliphatic rings. The zero-order chi connectivity index (χ0) is 23.3. The molecule has 10 heteroatoms. The van der Waals surface area contributed by atoms with Crippen molar-refractivity contribution in [3.63, 3.8) is 0 Å². The highest BCUT2D eigenvalue weighted by Crippen LogP contribution is 2.18. The zero-order valence-electron chi connectivity index (χ0n) is 18.4. The molecule has 0 spiro atoms. The highest BCUT2D eigenvalue weighted by atomic mass is 32.2. The minimum Gasteiger partial charge on any atom is -0.337 e. The molecule has 1 heterocycles. The second kappa shape index (κ2) is 10.2. The van der Waals surface area contributed by atoms with E-state index in [9.17, 15) is 22.8 Å². The van der Waals surface area contributed by atoms with Crippen molar-refractivity contribution in [2.45, 2.75) is 63.3 Å². The first-order valence-electron chi connectivity index (χ1n) is 10.9. The number of imide groups is 1. The summed E-state index contributed by atoms with van der Waals surface area (Å²) < 4.78 is 27.0. The predicted octanol–water partition coefficient (Wildman–Crippen LogP) is 2.44. The van der Waals surface area contributed by atoms with Crippen LogP contribution in [0.25, 0.3) is 0 Å². The number of carbonyl (C=O) groups is 3. The van der Waals surface area contributed by atoms with Crippen LogP contribution in [-0.2, 0) is 21.2 Å². The van der Waals surface area contributed by atoms with Crippen molar-refractivity contribution in [3.8, 4) is 0 Å². The normalized spacial score (nSPS) is 17.4. The van der Waals surface area contributed by atoms with Gasteiger partial charge in [0.15, 0.2) is 0 Å². The first-order valence-corrected chi connectivity index (χ1v) is 12.3. The van der Waals surface area contributed by atoms with Gasteiger partial charge in [0.05, 0.1) is 11.4 Å². The largest absolute Gasteiger partial charge is 0.337 e. The first kappa shape index (κ1) is 23.8. The third kappa shape index (κ3) is 5.87. The lowest BCUT2D eigenvalue weighted by molar-refractivity contribution is -0.122. The van der Waals surface area contributed by atoms with Crippen LogP contribution in [0.1, 0.15) is 51.5 Å². The van der Waals surface area contributed by atoms with Crippen LogP contribution in [0.15, 0.2) is 40.3 Å². The Morgan fingerprint density at radius 2 is 1.72 bits per heavy atom. The highest BCUT2D eigenvalue weighted by Gasteiger charge is 2.29. The number of carbonyl (C=O) groups excluding carboxylic acids is 3. The molecule has 0 unspecified atom stereocenters. The summed E-state index contributed by atoms with van der Waals surface area (Å²) in [6, 6.07) is 4.98. The number of amides is 5. The molecule has 1 aromatic rings. The minimum atomic E-state index is -3.97. The lowest BCUT2D eigenvalue weighted by Gasteiger charge is -2.22. The van der Waals surface area contributed by atoms with E-state index in [2.05, 4.69) is 15.4 Å². The van der Waals surface area contributed by atoms with Crippen molar-refractivity contribution in [1.82, 2.24) is 20.3 Å². The van der Waals surface area contributed by atoms with Gasteiger partial charge in [0, 0.05) is 18.2 Å². The van der Waals surface area contributed by atoms with Crippen molar-refractivity contribution in [2.75, 3.05) is 13.1 Å². The third-order valence-electron chi connectivity index (χ3n) is 5.94. The Hall–Kier alpha value is -2.88. The summed E-state index contributed by atoms with van der Waals surface area (Å²) in [6.07, 6.45) is 5.39. The Bertz CT molecular complexity index is 1010. The van der Waals surface area contributed by atoms with E-state index in [0.717, 1.165) is 43.2 Å². The number of hydrogen-bond donors (Lipinski definition) is 3. The van der Waals surface area contributed by atoms with Gasteiger partial charge in [-0.15, -0.1) is 0 Å². The summed E-state index contributed by atoms with van der Waals surface area (Å²) >= 11 is 0. The Balaban J connectivity index is 1.47. The fraction of sp³-hybridized carbons (Fsp3) is 0.500. The van der Waals surface area contributed by atoms with Crippen LogP contribution in [0.2, 0.25) is 0 Å². The van der Waals surface area contributed by atoms with E-state index in [1.54, 1.807) is 19.1 Å². The van der Waals surface area contributed by atoms with Crippen molar-refractivity contribution in [3.05, 3.63) is 41.0 Å². The average molecular weight is 463 g/mol. The summed E-state index contributed by atoms with van der Waals surface area (Å²) in [4.78, 5) is 37.5. The second-order valence-electron chi connectivity index (χ2n) is 8.34. The van der Waals surface area contributed by atoms with Crippen LogP contribution in [0.4, 0.5) is 9.59 Å². The van der Waals surface area contributed by atoms with Crippen LogP contribution in [-0.4, -0.2) is 50.4 Å². The van der Waals surface area contributed by atoms with Gasteiger partial charge in [-0.1, -0.05) is 31.4 Å². The molecule has 0 atom stereocenters. The predicted molar refractivity (Wildman–Crippen MR) is 119 cm³/mol. The van der Waals surface area contributed by atoms with Crippen LogP contribution < -0.4 is 15.4 Å². The fourth-order valence-corrected chi connectivity index (χ4v) is 4.78. The number of nitrogens with one attached hydrogen (secondary N) is 3. The van der Waals surface area contributed by atoms with E-state index in [-0.39, 0.29) is 16.8 Å². The SMILES string of the molecule is CC1=C(C)C(=O)N(C(=O)NCCc2ccc(S(=O)(=O)NC(=O)NC3CCCCC3)cc2)C1. The number of rotatable bonds is 6. The maximum atomic E-state index is 12.5. The molecule has 174 valence electrons. The molecule has 9 nitrogen and oxygen atoms in total. The summed E-state index contributed by atoms with van der Waals surface area (Å²) in [5.74, 6) is -0.283. The number of nitrogens with zero attached hydrogens (tertiary/aromatic N) is 1. The third-order valence-corrected chi connectivity index (χ3v) is 7.28. The lowest BCUT2D eigenvalue weighted by Crippen LogP contribution is -2.45. The molecule has 1 aliphatic carbocycles. The molecule has 5 amide bonds. The molecule has 0 aromatic heterocycles. The summed E-state index contributed by atoms with van der Waals surface area (Å²) in [7, 11) is -3.97. The Morgan fingerprint density at radius 3 is 2.31 bits per heavy atom. The van der Waals surface area contributed by atoms with Crippen molar-refractivity contribution >= 4 is 28.0 Å². The van der Waals surface area contributed by atoms with Gasteiger partial charge in [-0.25, -0.2) is 22.7 Å². The number of urea groups is 2. The van der Waals surface area contributed by atoms with Crippen LogP contribution in [0.3, 0.4) is 0 Å². The molecular weight excluding hydrogens is 432 g/mol. The maximum Gasteiger partial charge on any atom is 0.328 e. The highest BCUT2D eigenvalue weighted by molar-refractivity contribution is 7.90. The van der Waals surface area contributed by atoms with E-state index in [1.807, 2.05) is 6.92 Å². The molecule has 0 bridgehead atoms. The molecule has 1 fully saturated rings. The van der Waals surface area contributed by atoms with Gasteiger partial charge in [0.2, 0.25) is 0 Å². The number of sulfonamides is 1. The van der Waals surface area contributed by atoms with E-state index in [1.165, 1.54) is 17.0 Å². The van der Waals surface area contributed by atoms with Gasteiger partial charge in [-0.3, -0.25) is 9.69 Å². The smallest absolute Gasteiger partial charge is 0.328 e. The summed E-state index contributed by atoms with van der Waals surface area (Å²) in [6.45, 7) is 4.12. The minimum absolute atomic E-state index is 0.0102. The summed E-state index contributed by atoms with van der Waals surface area (Å²) in [5.41, 5.74) is 2.29. The Kier molecular flexibility index (Phi) is 7.55.